The smallest absolute Gasteiger partial charge is 0.0524 e. The molecule has 0 spiro atoms. The Bertz CT molecular complexity index is 123. The van der Waals surface area contributed by atoms with Gasteiger partial charge in [0, 0.05) is 12.6 Å². The fourth-order valence-electron chi connectivity index (χ4n) is 1.47. The molecule has 13 heavy (non-hydrogen) atoms. The average Bonchev–Trinajstić information content (AvgIpc) is 1.98. The summed E-state index contributed by atoms with van der Waals surface area (Å²) in [7, 11) is 2.13. The molecule has 80 valence electrons. The van der Waals surface area contributed by atoms with E-state index in [1.54, 1.807) is 0 Å². The topological polar surface area (TPSA) is 23.5 Å². The van der Waals surface area contributed by atoms with Crippen molar-refractivity contribution in [3.8, 4) is 0 Å². The summed E-state index contributed by atoms with van der Waals surface area (Å²) in [4.78, 5) is 2.33. The van der Waals surface area contributed by atoms with Crippen molar-refractivity contribution in [1.82, 2.24) is 4.90 Å². The van der Waals surface area contributed by atoms with E-state index in [0.717, 1.165) is 18.9 Å². The zero-order valence-corrected chi connectivity index (χ0v) is 9.75. The number of hydrogen-bond acceptors (Lipinski definition) is 2. The Kier molecular flexibility index (Phi) is 6.35. The summed E-state index contributed by atoms with van der Waals surface area (Å²) >= 11 is 0. The average molecular weight is 187 g/mol. The van der Waals surface area contributed by atoms with Crippen LogP contribution in [-0.2, 0) is 0 Å². The van der Waals surface area contributed by atoms with Gasteiger partial charge in [-0.1, -0.05) is 13.8 Å². The highest BCUT2D eigenvalue weighted by Gasteiger charge is 2.10. The number of rotatable bonds is 6. The second-order valence-corrected chi connectivity index (χ2v) is 4.60. The highest BCUT2D eigenvalue weighted by atomic mass is 16.3. The molecule has 0 bridgehead atoms. The van der Waals surface area contributed by atoms with Gasteiger partial charge in [0.1, 0.15) is 0 Å². The highest BCUT2D eigenvalue weighted by Crippen LogP contribution is 2.09. The van der Waals surface area contributed by atoms with E-state index in [0.29, 0.717) is 6.04 Å². The quantitative estimate of drug-likeness (QED) is 0.688. The molecule has 0 rings (SSSR count). The van der Waals surface area contributed by atoms with Gasteiger partial charge in [-0.05, 0) is 39.7 Å². The predicted molar refractivity (Wildman–Crippen MR) is 57.8 cm³/mol. The Labute approximate surface area is 82.9 Å². The minimum absolute atomic E-state index is 0.173. The number of hydrogen-bond donors (Lipinski definition) is 1. The van der Waals surface area contributed by atoms with Crippen LogP contribution in [0.2, 0.25) is 0 Å². The van der Waals surface area contributed by atoms with Gasteiger partial charge in [-0.2, -0.15) is 0 Å². The molecule has 2 atom stereocenters. The van der Waals surface area contributed by atoms with E-state index in [9.17, 15) is 0 Å². The van der Waals surface area contributed by atoms with E-state index in [1.165, 1.54) is 6.42 Å². The molecule has 0 aromatic carbocycles. The molecule has 0 amide bonds. The first-order valence-electron chi connectivity index (χ1n) is 5.31. The molecule has 0 radical (unpaired) electrons. The van der Waals surface area contributed by atoms with E-state index >= 15 is 0 Å². The molecule has 0 heterocycles. The predicted octanol–water partition coefficient (Wildman–Crippen LogP) is 2.12. The first-order chi connectivity index (χ1) is 5.93. The van der Waals surface area contributed by atoms with Gasteiger partial charge in [0.2, 0.25) is 0 Å². The van der Waals surface area contributed by atoms with Gasteiger partial charge >= 0.3 is 0 Å². The van der Waals surface area contributed by atoms with Gasteiger partial charge in [0.05, 0.1) is 6.10 Å². The maximum atomic E-state index is 9.14. The molecular formula is C11H25NO. The Hall–Kier alpha value is -0.0800. The van der Waals surface area contributed by atoms with Crippen molar-refractivity contribution < 1.29 is 5.11 Å². The standard InChI is InChI=1S/C11H25NO/c1-9(2)8-10(3)12(5)7-6-11(4)13/h9-11,13H,6-8H2,1-5H3. The first kappa shape index (κ1) is 12.9. The Balaban J connectivity index is 3.62. The van der Waals surface area contributed by atoms with Crippen molar-refractivity contribution in [2.75, 3.05) is 13.6 Å². The third-order valence-electron chi connectivity index (χ3n) is 2.46. The van der Waals surface area contributed by atoms with Crippen LogP contribution in [0.15, 0.2) is 0 Å². The molecule has 0 aromatic heterocycles. The summed E-state index contributed by atoms with van der Waals surface area (Å²) in [6.45, 7) is 9.59. The highest BCUT2D eigenvalue weighted by molar-refractivity contribution is 4.65. The maximum absolute atomic E-state index is 9.14. The summed E-state index contributed by atoms with van der Waals surface area (Å²) in [5.41, 5.74) is 0. The van der Waals surface area contributed by atoms with Crippen molar-refractivity contribution in [2.45, 2.75) is 52.7 Å². The van der Waals surface area contributed by atoms with Crippen LogP contribution in [0.3, 0.4) is 0 Å². The van der Waals surface area contributed by atoms with Gasteiger partial charge in [0.15, 0.2) is 0 Å². The fraction of sp³-hybridized carbons (Fsp3) is 1.00. The summed E-state index contributed by atoms with van der Waals surface area (Å²) in [5.74, 6) is 0.754. The van der Waals surface area contributed by atoms with E-state index in [2.05, 4.69) is 32.7 Å². The van der Waals surface area contributed by atoms with E-state index in [-0.39, 0.29) is 6.10 Å². The normalized spacial score (nSPS) is 16.6. The fourth-order valence-corrected chi connectivity index (χ4v) is 1.47. The lowest BCUT2D eigenvalue weighted by Gasteiger charge is -2.26. The molecule has 0 aliphatic carbocycles. The Morgan fingerprint density at radius 2 is 1.69 bits per heavy atom. The molecule has 0 saturated carbocycles. The zero-order valence-electron chi connectivity index (χ0n) is 9.75. The molecule has 2 nitrogen and oxygen atoms in total. The van der Waals surface area contributed by atoms with Crippen LogP contribution in [-0.4, -0.2) is 35.7 Å². The van der Waals surface area contributed by atoms with Crippen LogP contribution in [0.1, 0.15) is 40.5 Å². The molecule has 1 N–H and O–H groups in total. The third-order valence-corrected chi connectivity index (χ3v) is 2.46. The van der Waals surface area contributed by atoms with Gasteiger partial charge < -0.3 is 10.0 Å². The Morgan fingerprint density at radius 3 is 2.08 bits per heavy atom. The van der Waals surface area contributed by atoms with E-state index < -0.39 is 0 Å². The molecular weight excluding hydrogens is 162 g/mol. The summed E-state index contributed by atoms with van der Waals surface area (Å²) in [6.07, 6.45) is 1.93. The summed E-state index contributed by atoms with van der Waals surface area (Å²) in [6, 6.07) is 0.624. The van der Waals surface area contributed by atoms with E-state index in [4.69, 9.17) is 5.11 Å². The SMILES string of the molecule is CC(C)CC(C)N(C)CCC(C)O. The first-order valence-corrected chi connectivity index (χ1v) is 5.31. The maximum Gasteiger partial charge on any atom is 0.0524 e. The minimum Gasteiger partial charge on any atom is -0.393 e. The minimum atomic E-state index is -0.173. The molecule has 0 aliphatic rings. The molecule has 0 saturated heterocycles. The van der Waals surface area contributed by atoms with Crippen molar-refractivity contribution in [3.05, 3.63) is 0 Å². The van der Waals surface area contributed by atoms with Crippen LogP contribution < -0.4 is 0 Å². The summed E-state index contributed by atoms with van der Waals surface area (Å²) < 4.78 is 0. The molecule has 0 aromatic rings. The van der Waals surface area contributed by atoms with Crippen LogP contribution in [0, 0.1) is 5.92 Å². The van der Waals surface area contributed by atoms with Crippen LogP contribution in [0.25, 0.3) is 0 Å². The summed E-state index contributed by atoms with van der Waals surface area (Å²) in [5, 5.41) is 9.14. The van der Waals surface area contributed by atoms with Crippen LogP contribution >= 0.6 is 0 Å². The van der Waals surface area contributed by atoms with Gasteiger partial charge in [-0.25, -0.2) is 0 Å². The van der Waals surface area contributed by atoms with Crippen LogP contribution in [0.4, 0.5) is 0 Å². The monoisotopic (exact) mass is 187 g/mol. The van der Waals surface area contributed by atoms with Crippen molar-refractivity contribution in [2.24, 2.45) is 5.92 Å². The van der Waals surface area contributed by atoms with Crippen molar-refractivity contribution in [1.29, 1.82) is 0 Å². The zero-order chi connectivity index (χ0) is 10.4. The van der Waals surface area contributed by atoms with Gasteiger partial charge in [0.25, 0.3) is 0 Å². The molecule has 2 heteroatoms. The lowest BCUT2D eigenvalue weighted by molar-refractivity contribution is 0.147. The van der Waals surface area contributed by atoms with Crippen molar-refractivity contribution in [3.63, 3.8) is 0 Å². The van der Waals surface area contributed by atoms with Gasteiger partial charge in [-0.15, -0.1) is 0 Å². The van der Waals surface area contributed by atoms with E-state index in [1.807, 2.05) is 6.92 Å². The van der Waals surface area contributed by atoms with Crippen molar-refractivity contribution >= 4 is 0 Å². The van der Waals surface area contributed by atoms with Gasteiger partial charge in [-0.3, -0.25) is 0 Å². The lowest BCUT2D eigenvalue weighted by Crippen LogP contribution is -2.32. The number of aliphatic hydroxyl groups is 1. The lowest BCUT2D eigenvalue weighted by atomic mass is 10.0. The second-order valence-electron chi connectivity index (χ2n) is 4.60. The Morgan fingerprint density at radius 1 is 1.15 bits per heavy atom. The second kappa shape index (κ2) is 6.39. The largest absolute Gasteiger partial charge is 0.393 e. The number of nitrogens with zero attached hydrogens (tertiary/aromatic N) is 1. The number of aliphatic hydroxyl groups excluding tert-OH is 1. The molecule has 0 fully saturated rings. The van der Waals surface area contributed by atoms with Crippen LogP contribution in [0.5, 0.6) is 0 Å². The molecule has 2 unspecified atom stereocenters. The molecule has 0 aliphatic heterocycles. The third kappa shape index (κ3) is 7.03.